The van der Waals surface area contributed by atoms with Gasteiger partial charge in [0.05, 0.1) is 6.04 Å². The normalized spacial score (nSPS) is 17.5. The fourth-order valence-corrected chi connectivity index (χ4v) is 2.64. The van der Waals surface area contributed by atoms with Gasteiger partial charge in [0.25, 0.3) is 5.91 Å². The molecule has 0 saturated carbocycles. The summed E-state index contributed by atoms with van der Waals surface area (Å²) < 4.78 is 5.26. The van der Waals surface area contributed by atoms with Crippen LogP contribution in [0.25, 0.3) is 0 Å². The van der Waals surface area contributed by atoms with E-state index in [0.29, 0.717) is 18.7 Å². The maximum absolute atomic E-state index is 12.6. The second kappa shape index (κ2) is 7.11. The largest absolute Gasteiger partial charge is 0.444 e. The van der Waals surface area contributed by atoms with Crippen LogP contribution in [0.1, 0.15) is 37.6 Å². The first-order chi connectivity index (χ1) is 11.2. The quantitative estimate of drug-likeness (QED) is 0.923. The van der Waals surface area contributed by atoms with Crippen molar-refractivity contribution in [2.45, 2.75) is 38.8 Å². The summed E-state index contributed by atoms with van der Waals surface area (Å²) in [6.07, 6.45) is 0.301. The highest BCUT2D eigenvalue weighted by molar-refractivity contribution is 5.95. The molecule has 1 unspecified atom stereocenters. The molecule has 0 aliphatic carbocycles. The molecule has 0 radical (unpaired) electrons. The molecule has 1 aromatic rings. The Hall–Kier alpha value is -2.24. The molecule has 1 atom stereocenters. The molecular weight excluding hydrogens is 306 g/mol. The Bertz CT molecular complexity index is 608. The van der Waals surface area contributed by atoms with Crippen LogP contribution in [0.5, 0.6) is 0 Å². The summed E-state index contributed by atoms with van der Waals surface area (Å²) in [6.45, 7) is 6.62. The average Bonchev–Trinajstić information content (AvgIpc) is 2.92. The van der Waals surface area contributed by atoms with E-state index in [0.717, 1.165) is 12.1 Å². The second-order valence-corrected chi connectivity index (χ2v) is 7.33. The van der Waals surface area contributed by atoms with Crippen LogP contribution in [0.15, 0.2) is 24.3 Å². The monoisotopic (exact) mass is 333 g/mol. The molecule has 1 aliphatic heterocycles. The molecule has 2 amide bonds. The van der Waals surface area contributed by atoms with Gasteiger partial charge in [0.15, 0.2) is 0 Å². The zero-order chi connectivity index (χ0) is 17.9. The maximum Gasteiger partial charge on any atom is 0.407 e. The Morgan fingerprint density at radius 3 is 2.62 bits per heavy atom. The Balaban J connectivity index is 1.94. The summed E-state index contributed by atoms with van der Waals surface area (Å²) in [5.74, 6) is -0.00723. The third-order valence-electron chi connectivity index (χ3n) is 3.81. The highest BCUT2D eigenvalue weighted by Gasteiger charge is 2.29. The predicted octanol–water partition coefficient (Wildman–Crippen LogP) is 2.49. The lowest BCUT2D eigenvalue weighted by molar-refractivity contribution is 0.0502. The number of likely N-dealkylation sites (tertiary alicyclic amines) is 1. The van der Waals surface area contributed by atoms with Crippen molar-refractivity contribution in [1.82, 2.24) is 10.2 Å². The van der Waals surface area contributed by atoms with E-state index in [4.69, 9.17) is 4.74 Å². The zero-order valence-electron chi connectivity index (χ0n) is 15.1. The number of carbonyl (C=O) groups is 2. The molecule has 24 heavy (non-hydrogen) atoms. The Morgan fingerprint density at radius 1 is 1.29 bits per heavy atom. The van der Waals surface area contributed by atoms with Gasteiger partial charge in [-0.3, -0.25) is 4.79 Å². The van der Waals surface area contributed by atoms with Crippen LogP contribution < -0.4 is 10.2 Å². The van der Waals surface area contributed by atoms with Gasteiger partial charge in [0.1, 0.15) is 5.60 Å². The Morgan fingerprint density at radius 2 is 2.00 bits per heavy atom. The number of benzene rings is 1. The molecule has 6 nitrogen and oxygen atoms in total. The van der Waals surface area contributed by atoms with Gasteiger partial charge >= 0.3 is 6.09 Å². The van der Waals surface area contributed by atoms with Crippen LogP contribution in [0.4, 0.5) is 10.5 Å². The molecule has 1 aliphatic rings. The van der Waals surface area contributed by atoms with Crippen molar-refractivity contribution in [3.63, 3.8) is 0 Å². The predicted molar refractivity (Wildman–Crippen MR) is 94.4 cm³/mol. The fourth-order valence-electron chi connectivity index (χ4n) is 2.64. The van der Waals surface area contributed by atoms with Crippen molar-refractivity contribution < 1.29 is 14.3 Å². The summed E-state index contributed by atoms with van der Waals surface area (Å²) >= 11 is 0. The molecule has 6 heteroatoms. The minimum absolute atomic E-state index is 0.00723. The van der Waals surface area contributed by atoms with Gasteiger partial charge in [-0.25, -0.2) is 4.79 Å². The second-order valence-electron chi connectivity index (χ2n) is 7.33. The fraction of sp³-hybridized carbons (Fsp3) is 0.556. The van der Waals surface area contributed by atoms with E-state index in [1.165, 1.54) is 0 Å². The molecular formula is C18H27N3O3. The molecule has 2 rings (SSSR count). The molecule has 1 aromatic carbocycles. The van der Waals surface area contributed by atoms with Crippen molar-refractivity contribution in [3.8, 4) is 0 Å². The molecule has 1 N–H and O–H groups in total. The standard InChI is InChI=1S/C18H27N3O3/c1-18(2,3)24-17(23)19-14-9-10-21(12-14)16(22)13-7-6-8-15(11-13)20(4)5/h6-8,11,14H,9-10,12H2,1-5H3,(H,19,23). The zero-order valence-corrected chi connectivity index (χ0v) is 15.1. The van der Waals surface area contributed by atoms with E-state index in [9.17, 15) is 9.59 Å². The number of alkyl carbamates (subject to hydrolysis) is 1. The van der Waals surface area contributed by atoms with Crippen molar-refractivity contribution in [3.05, 3.63) is 29.8 Å². The van der Waals surface area contributed by atoms with Crippen molar-refractivity contribution >= 4 is 17.7 Å². The number of amides is 2. The molecule has 1 saturated heterocycles. The lowest BCUT2D eigenvalue weighted by Crippen LogP contribution is -2.41. The minimum Gasteiger partial charge on any atom is -0.444 e. The van der Waals surface area contributed by atoms with Crippen LogP contribution in [0.2, 0.25) is 0 Å². The van der Waals surface area contributed by atoms with Crippen LogP contribution >= 0.6 is 0 Å². The molecule has 0 spiro atoms. The van der Waals surface area contributed by atoms with Gasteiger partial charge in [-0.15, -0.1) is 0 Å². The lowest BCUT2D eigenvalue weighted by atomic mass is 10.1. The molecule has 1 heterocycles. The lowest BCUT2D eigenvalue weighted by Gasteiger charge is -2.22. The van der Waals surface area contributed by atoms with Crippen molar-refractivity contribution in [2.75, 3.05) is 32.1 Å². The van der Waals surface area contributed by atoms with Gasteiger partial charge in [0.2, 0.25) is 0 Å². The van der Waals surface area contributed by atoms with Gasteiger partial charge in [-0.1, -0.05) is 6.07 Å². The number of nitrogens with zero attached hydrogens (tertiary/aromatic N) is 2. The molecule has 0 bridgehead atoms. The van der Waals surface area contributed by atoms with Gasteiger partial charge in [-0.2, -0.15) is 0 Å². The third-order valence-corrected chi connectivity index (χ3v) is 3.81. The van der Waals surface area contributed by atoms with Crippen LogP contribution in [-0.4, -0.2) is 55.7 Å². The van der Waals surface area contributed by atoms with Crippen LogP contribution in [0, 0.1) is 0 Å². The smallest absolute Gasteiger partial charge is 0.407 e. The number of nitrogens with one attached hydrogen (secondary N) is 1. The Kier molecular flexibility index (Phi) is 5.36. The van der Waals surface area contributed by atoms with Crippen LogP contribution in [-0.2, 0) is 4.74 Å². The highest BCUT2D eigenvalue weighted by atomic mass is 16.6. The number of ether oxygens (including phenoxy) is 1. The van der Waals surface area contributed by atoms with E-state index in [1.54, 1.807) is 4.90 Å². The average molecular weight is 333 g/mol. The van der Waals surface area contributed by atoms with E-state index in [2.05, 4.69) is 5.32 Å². The number of anilines is 1. The van der Waals surface area contributed by atoms with Gasteiger partial charge in [0, 0.05) is 38.4 Å². The number of hydrogen-bond acceptors (Lipinski definition) is 4. The van der Waals surface area contributed by atoms with Crippen molar-refractivity contribution in [1.29, 1.82) is 0 Å². The van der Waals surface area contributed by atoms with E-state index < -0.39 is 11.7 Å². The number of hydrogen-bond donors (Lipinski definition) is 1. The van der Waals surface area contributed by atoms with E-state index in [-0.39, 0.29) is 11.9 Å². The SMILES string of the molecule is CN(C)c1cccc(C(=O)N2CCC(NC(=O)OC(C)(C)C)C2)c1. The summed E-state index contributed by atoms with van der Waals surface area (Å²) in [4.78, 5) is 28.2. The third kappa shape index (κ3) is 4.88. The molecule has 0 aromatic heterocycles. The molecule has 1 fully saturated rings. The number of carbonyl (C=O) groups excluding carboxylic acids is 2. The minimum atomic E-state index is -0.523. The maximum atomic E-state index is 12.6. The van der Waals surface area contributed by atoms with Gasteiger partial charge in [-0.05, 0) is 45.4 Å². The summed E-state index contributed by atoms with van der Waals surface area (Å²) in [5, 5.41) is 2.84. The van der Waals surface area contributed by atoms with Gasteiger partial charge < -0.3 is 19.9 Å². The summed E-state index contributed by atoms with van der Waals surface area (Å²) in [7, 11) is 3.89. The van der Waals surface area contributed by atoms with E-state index >= 15 is 0 Å². The highest BCUT2D eigenvalue weighted by Crippen LogP contribution is 2.18. The summed E-state index contributed by atoms with van der Waals surface area (Å²) in [6, 6.07) is 7.49. The summed E-state index contributed by atoms with van der Waals surface area (Å²) in [5.41, 5.74) is 1.13. The van der Waals surface area contributed by atoms with Crippen LogP contribution in [0.3, 0.4) is 0 Å². The Labute approximate surface area is 143 Å². The number of rotatable bonds is 3. The topological polar surface area (TPSA) is 61.9 Å². The first-order valence-electron chi connectivity index (χ1n) is 8.22. The first kappa shape index (κ1) is 18.1. The molecule has 132 valence electrons. The van der Waals surface area contributed by atoms with E-state index in [1.807, 2.05) is 64.0 Å². The first-order valence-corrected chi connectivity index (χ1v) is 8.22. The van der Waals surface area contributed by atoms with Crippen molar-refractivity contribution in [2.24, 2.45) is 0 Å².